The van der Waals surface area contributed by atoms with Gasteiger partial charge in [0, 0.05) is 6.54 Å². The number of carboxylic acids is 1. The van der Waals surface area contributed by atoms with Gasteiger partial charge in [-0.3, -0.25) is 0 Å². The number of hydrogen-bond acceptors (Lipinski definition) is 4. The van der Waals surface area contributed by atoms with Crippen LogP contribution in [0.25, 0.3) is 0 Å². The standard InChI is InChI=1S/C12H17ClN2O3/c1-7(2)5-8(16)6-14-11-9(12(17)18)3-4-10(13)15-11/h3-4,7-8,16H,5-6H2,1-2H3,(H,14,15)(H,17,18). The first-order valence-corrected chi connectivity index (χ1v) is 6.09. The van der Waals surface area contributed by atoms with Gasteiger partial charge in [0.25, 0.3) is 0 Å². The minimum Gasteiger partial charge on any atom is -0.478 e. The van der Waals surface area contributed by atoms with Crippen LogP contribution in [-0.4, -0.2) is 33.8 Å². The van der Waals surface area contributed by atoms with Crippen LogP contribution in [0.15, 0.2) is 12.1 Å². The number of hydrogen-bond donors (Lipinski definition) is 3. The van der Waals surface area contributed by atoms with Gasteiger partial charge in [-0.1, -0.05) is 25.4 Å². The summed E-state index contributed by atoms with van der Waals surface area (Å²) in [5, 5.41) is 21.7. The van der Waals surface area contributed by atoms with Gasteiger partial charge in [-0.15, -0.1) is 0 Å². The van der Waals surface area contributed by atoms with E-state index in [1.54, 1.807) is 0 Å². The molecule has 1 atom stereocenters. The number of nitrogens with zero attached hydrogens (tertiary/aromatic N) is 1. The Morgan fingerprint density at radius 2 is 2.17 bits per heavy atom. The van der Waals surface area contributed by atoms with Crippen molar-refractivity contribution < 1.29 is 15.0 Å². The van der Waals surface area contributed by atoms with E-state index < -0.39 is 12.1 Å². The first-order valence-electron chi connectivity index (χ1n) is 5.72. The lowest BCUT2D eigenvalue weighted by atomic mass is 10.1. The van der Waals surface area contributed by atoms with E-state index in [1.165, 1.54) is 12.1 Å². The topological polar surface area (TPSA) is 82.5 Å². The van der Waals surface area contributed by atoms with E-state index in [-0.39, 0.29) is 23.1 Å². The van der Waals surface area contributed by atoms with Crippen molar-refractivity contribution in [3.8, 4) is 0 Å². The first kappa shape index (κ1) is 14.7. The smallest absolute Gasteiger partial charge is 0.339 e. The molecular formula is C12H17ClN2O3. The van der Waals surface area contributed by atoms with E-state index in [4.69, 9.17) is 16.7 Å². The van der Waals surface area contributed by atoms with Gasteiger partial charge in [-0.25, -0.2) is 9.78 Å². The van der Waals surface area contributed by atoms with E-state index in [9.17, 15) is 9.90 Å². The highest BCUT2D eigenvalue weighted by Gasteiger charge is 2.13. The number of aromatic nitrogens is 1. The lowest BCUT2D eigenvalue weighted by Gasteiger charge is -2.15. The van der Waals surface area contributed by atoms with Crippen LogP contribution in [-0.2, 0) is 0 Å². The average Bonchev–Trinajstić information content (AvgIpc) is 2.25. The third-order valence-electron chi connectivity index (χ3n) is 2.34. The van der Waals surface area contributed by atoms with Crippen molar-refractivity contribution >= 4 is 23.4 Å². The number of carbonyl (C=O) groups is 1. The number of aliphatic hydroxyl groups is 1. The summed E-state index contributed by atoms with van der Waals surface area (Å²) in [6, 6.07) is 2.80. The Kier molecular flexibility index (Phi) is 5.37. The van der Waals surface area contributed by atoms with Gasteiger partial charge in [0.15, 0.2) is 0 Å². The molecule has 0 amide bonds. The van der Waals surface area contributed by atoms with E-state index in [0.29, 0.717) is 12.3 Å². The fourth-order valence-corrected chi connectivity index (χ4v) is 1.73. The van der Waals surface area contributed by atoms with Crippen molar-refractivity contribution in [2.75, 3.05) is 11.9 Å². The van der Waals surface area contributed by atoms with Crippen LogP contribution in [0.2, 0.25) is 5.15 Å². The molecule has 0 aromatic carbocycles. The molecule has 1 heterocycles. The highest BCUT2D eigenvalue weighted by molar-refractivity contribution is 6.29. The molecular weight excluding hydrogens is 256 g/mol. The molecule has 0 bridgehead atoms. The molecule has 0 spiro atoms. The summed E-state index contributed by atoms with van der Waals surface area (Å²) in [6.07, 6.45) is 0.0862. The Balaban J connectivity index is 2.71. The summed E-state index contributed by atoms with van der Waals surface area (Å²) in [6.45, 7) is 4.25. The predicted molar refractivity (Wildman–Crippen MR) is 70.2 cm³/mol. The third kappa shape index (κ3) is 4.50. The molecule has 0 saturated carbocycles. The molecule has 1 aromatic heterocycles. The normalized spacial score (nSPS) is 12.5. The minimum absolute atomic E-state index is 0.0381. The maximum atomic E-state index is 11.0. The molecule has 6 heteroatoms. The number of rotatable bonds is 6. The molecule has 0 radical (unpaired) electrons. The number of aromatic carboxylic acids is 1. The summed E-state index contributed by atoms with van der Waals surface area (Å²) < 4.78 is 0. The van der Waals surface area contributed by atoms with E-state index in [1.807, 2.05) is 13.8 Å². The molecule has 100 valence electrons. The molecule has 1 rings (SSSR count). The van der Waals surface area contributed by atoms with Crippen LogP contribution in [0.1, 0.15) is 30.6 Å². The zero-order valence-corrected chi connectivity index (χ0v) is 11.1. The van der Waals surface area contributed by atoms with Crippen molar-refractivity contribution in [1.29, 1.82) is 0 Å². The quantitative estimate of drug-likeness (QED) is 0.692. The molecule has 0 aliphatic heterocycles. The van der Waals surface area contributed by atoms with Crippen LogP contribution in [0.3, 0.4) is 0 Å². The van der Waals surface area contributed by atoms with Crippen LogP contribution in [0.4, 0.5) is 5.82 Å². The van der Waals surface area contributed by atoms with Gasteiger partial charge < -0.3 is 15.5 Å². The Bertz CT molecular complexity index is 424. The Morgan fingerprint density at radius 1 is 1.50 bits per heavy atom. The monoisotopic (exact) mass is 272 g/mol. The Hall–Kier alpha value is -1.33. The van der Waals surface area contributed by atoms with E-state index in [2.05, 4.69) is 10.3 Å². The maximum Gasteiger partial charge on any atom is 0.339 e. The molecule has 18 heavy (non-hydrogen) atoms. The first-order chi connectivity index (χ1) is 8.40. The van der Waals surface area contributed by atoms with Gasteiger partial charge in [0.2, 0.25) is 0 Å². The van der Waals surface area contributed by atoms with Crippen LogP contribution in [0.5, 0.6) is 0 Å². The molecule has 1 aromatic rings. The van der Waals surface area contributed by atoms with Crippen LogP contribution in [0, 0.1) is 5.92 Å². The third-order valence-corrected chi connectivity index (χ3v) is 2.55. The zero-order valence-electron chi connectivity index (χ0n) is 10.4. The van der Waals surface area contributed by atoms with E-state index in [0.717, 1.165) is 0 Å². The van der Waals surface area contributed by atoms with E-state index >= 15 is 0 Å². The average molecular weight is 273 g/mol. The summed E-state index contributed by atoms with van der Waals surface area (Å²) in [4.78, 5) is 14.9. The van der Waals surface area contributed by atoms with Gasteiger partial charge >= 0.3 is 5.97 Å². The second-order valence-corrected chi connectivity index (χ2v) is 4.89. The molecule has 0 fully saturated rings. The summed E-state index contributed by atoms with van der Waals surface area (Å²) in [7, 11) is 0. The van der Waals surface area contributed by atoms with Gasteiger partial charge in [-0.05, 0) is 24.5 Å². The van der Waals surface area contributed by atoms with Crippen molar-refractivity contribution in [2.24, 2.45) is 5.92 Å². The van der Waals surface area contributed by atoms with Gasteiger partial charge in [0.05, 0.1) is 6.10 Å². The highest BCUT2D eigenvalue weighted by Crippen LogP contribution is 2.17. The number of carboxylic acid groups (broad SMARTS) is 1. The summed E-state index contributed by atoms with van der Waals surface area (Å²) in [5.41, 5.74) is 0.0381. The number of pyridine rings is 1. The molecule has 0 aliphatic rings. The molecule has 0 aliphatic carbocycles. The number of anilines is 1. The molecule has 0 saturated heterocycles. The number of halogens is 1. The fraction of sp³-hybridized carbons (Fsp3) is 0.500. The predicted octanol–water partition coefficient (Wildman–Crippen LogP) is 2.25. The summed E-state index contributed by atoms with van der Waals surface area (Å²) in [5.74, 6) is -0.536. The minimum atomic E-state index is -1.08. The van der Waals surface area contributed by atoms with Crippen molar-refractivity contribution in [1.82, 2.24) is 4.98 Å². The Labute approximate surface area is 111 Å². The zero-order chi connectivity index (χ0) is 13.7. The lowest BCUT2D eigenvalue weighted by Crippen LogP contribution is -2.22. The second kappa shape index (κ2) is 6.56. The SMILES string of the molecule is CC(C)CC(O)CNc1nc(Cl)ccc1C(=O)O. The van der Waals surface area contributed by atoms with Gasteiger partial charge in [-0.2, -0.15) is 0 Å². The largest absolute Gasteiger partial charge is 0.478 e. The Morgan fingerprint density at radius 3 is 2.72 bits per heavy atom. The maximum absolute atomic E-state index is 11.0. The van der Waals surface area contributed by atoms with Crippen LogP contribution >= 0.6 is 11.6 Å². The van der Waals surface area contributed by atoms with Gasteiger partial charge in [0.1, 0.15) is 16.5 Å². The van der Waals surface area contributed by atoms with Crippen molar-refractivity contribution in [2.45, 2.75) is 26.4 Å². The molecule has 1 unspecified atom stereocenters. The lowest BCUT2D eigenvalue weighted by molar-refractivity contribution is 0.0697. The summed E-state index contributed by atoms with van der Waals surface area (Å²) >= 11 is 5.71. The molecule has 5 nitrogen and oxygen atoms in total. The van der Waals surface area contributed by atoms with Crippen molar-refractivity contribution in [3.63, 3.8) is 0 Å². The number of aliphatic hydroxyl groups excluding tert-OH is 1. The van der Waals surface area contributed by atoms with Crippen molar-refractivity contribution in [3.05, 3.63) is 22.8 Å². The highest BCUT2D eigenvalue weighted by atomic mass is 35.5. The second-order valence-electron chi connectivity index (χ2n) is 4.50. The molecule has 3 N–H and O–H groups in total. The van der Waals surface area contributed by atoms with Crippen LogP contribution < -0.4 is 5.32 Å². The fourth-order valence-electron chi connectivity index (χ4n) is 1.58. The number of nitrogens with one attached hydrogen (secondary N) is 1.